The molecule has 3 heteroatoms. The number of halogens is 2. The Morgan fingerprint density at radius 3 is 2.77 bits per heavy atom. The first-order valence-electron chi connectivity index (χ1n) is 3.93. The molecule has 2 aromatic rings. The second kappa shape index (κ2) is 3.28. The summed E-state index contributed by atoms with van der Waals surface area (Å²) in [6, 6.07) is 10.2. The first-order chi connectivity index (χ1) is 6.20. The van der Waals surface area contributed by atoms with Crippen molar-refractivity contribution < 1.29 is 4.57 Å². The standard InChI is InChI=1S/C10H8BrClN/c1-13-9-5-3-2-4-7(9)6-8(11)10(13)12/h2-6H,1H3/q+1. The summed E-state index contributed by atoms with van der Waals surface area (Å²) in [6.45, 7) is 0. The highest BCUT2D eigenvalue weighted by atomic mass is 79.9. The number of nitrogens with zero attached hydrogens (tertiary/aromatic N) is 1. The van der Waals surface area contributed by atoms with Crippen molar-refractivity contribution in [3.63, 3.8) is 0 Å². The van der Waals surface area contributed by atoms with Crippen LogP contribution in [-0.4, -0.2) is 0 Å². The quantitative estimate of drug-likeness (QED) is 0.504. The topological polar surface area (TPSA) is 3.88 Å². The highest BCUT2D eigenvalue weighted by molar-refractivity contribution is 9.10. The van der Waals surface area contributed by atoms with E-state index in [4.69, 9.17) is 11.6 Å². The van der Waals surface area contributed by atoms with Gasteiger partial charge in [0.05, 0.1) is 0 Å². The van der Waals surface area contributed by atoms with Crippen LogP contribution < -0.4 is 4.57 Å². The van der Waals surface area contributed by atoms with E-state index in [-0.39, 0.29) is 0 Å². The lowest BCUT2D eigenvalue weighted by Gasteiger charge is -1.99. The molecule has 0 fully saturated rings. The molecule has 0 N–H and O–H groups in total. The Labute approximate surface area is 90.1 Å². The van der Waals surface area contributed by atoms with E-state index in [1.165, 1.54) is 5.39 Å². The Balaban J connectivity index is 2.94. The molecule has 0 aliphatic carbocycles. The monoisotopic (exact) mass is 256 g/mol. The van der Waals surface area contributed by atoms with Gasteiger partial charge in [0.15, 0.2) is 0 Å². The lowest BCUT2D eigenvalue weighted by atomic mass is 10.2. The molecule has 0 radical (unpaired) electrons. The fourth-order valence-corrected chi connectivity index (χ4v) is 2.04. The summed E-state index contributed by atoms with van der Waals surface area (Å²) in [5.41, 5.74) is 1.13. The van der Waals surface area contributed by atoms with Crippen LogP contribution in [0.25, 0.3) is 10.9 Å². The third-order valence-electron chi connectivity index (χ3n) is 2.07. The summed E-state index contributed by atoms with van der Waals surface area (Å²) >= 11 is 9.49. The highest BCUT2D eigenvalue weighted by Gasteiger charge is 2.13. The third-order valence-corrected chi connectivity index (χ3v) is 3.36. The van der Waals surface area contributed by atoms with Gasteiger partial charge in [0.1, 0.15) is 11.5 Å². The van der Waals surface area contributed by atoms with Crippen molar-refractivity contribution in [1.29, 1.82) is 0 Å². The van der Waals surface area contributed by atoms with Crippen LogP contribution >= 0.6 is 27.5 Å². The van der Waals surface area contributed by atoms with Gasteiger partial charge in [-0.15, -0.1) is 0 Å². The van der Waals surface area contributed by atoms with Crippen molar-refractivity contribution in [2.45, 2.75) is 0 Å². The van der Waals surface area contributed by atoms with E-state index in [2.05, 4.69) is 22.0 Å². The van der Waals surface area contributed by atoms with E-state index in [0.29, 0.717) is 0 Å². The van der Waals surface area contributed by atoms with Gasteiger partial charge in [0.2, 0.25) is 5.52 Å². The molecule has 0 spiro atoms. The summed E-state index contributed by atoms with van der Waals surface area (Å²) in [4.78, 5) is 0. The summed E-state index contributed by atoms with van der Waals surface area (Å²) in [6.07, 6.45) is 0. The molecule has 2 rings (SSSR count). The fourth-order valence-electron chi connectivity index (χ4n) is 1.38. The van der Waals surface area contributed by atoms with Crippen LogP contribution in [0.2, 0.25) is 5.15 Å². The Morgan fingerprint density at radius 1 is 1.31 bits per heavy atom. The van der Waals surface area contributed by atoms with Crippen molar-refractivity contribution in [2.75, 3.05) is 0 Å². The van der Waals surface area contributed by atoms with Crippen molar-refractivity contribution >= 4 is 38.4 Å². The Hall–Kier alpha value is -0.600. The number of hydrogen-bond acceptors (Lipinski definition) is 0. The average Bonchev–Trinajstić information content (AvgIpc) is 2.15. The second-order valence-electron chi connectivity index (χ2n) is 2.90. The smallest absolute Gasteiger partial charge is 0.183 e. The molecule has 0 unspecified atom stereocenters. The fraction of sp³-hybridized carbons (Fsp3) is 0.100. The van der Waals surface area contributed by atoms with Crippen LogP contribution in [0.1, 0.15) is 0 Å². The van der Waals surface area contributed by atoms with Gasteiger partial charge < -0.3 is 0 Å². The lowest BCUT2D eigenvalue weighted by molar-refractivity contribution is -0.643. The molecule has 1 aromatic heterocycles. The molecular weight excluding hydrogens is 249 g/mol. The molecule has 0 aliphatic rings. The van der Waals surface area contributed by atoms with Crippen LogP contribution in [0.3, 0.4) is 0 Å². The van der Waals surface area contributed by atoms with Gasteiger partial charge in [-0.2, -0.15) is 4.57 Å². The van der Waals surface area contributed by atoms with Crippen molar-refractivity contribution in [2.24, 2.45) is 7.05 Å². The predicted octanol–water partition coefficient (Wildman–Crippen LogP) is 3.08. The number of fused-ring (bicyclic) bond motifs is 1. The van der Waals surface area contributed by atoms with E-state index in [1.54, 1.807) is 0 Å². The first kappa shape index (κ1) is 8.97. The summed E-state index contributed by atoms with van der Waals surface area (Å²) in [7, 11) is 1.95. The summed E-state index contributed by atoms with van der Waals surface area (Å²) in [5.74, 6) is 0. The predicted molar refractivity (Wildman–Crippen MR) is 57.8 cm³/mol. The zero-order valence-electron chi connectivity index (χ0n) is 7.09. The highest BCUT2D eigenvalue weighted by Crippen LogP contribution is 2.22. The van der Waals surface area contributed by atoms with E-state index in [9.17, 15) is 0 Å². The van der Waals surface area contributed by atoms with Gasteiger partial charge >= 0.3 is 0 Å². The SMILES string of the molecule is C[n+]1c(Cl)c(Br)cc2ccccc21. The second-order valence-corrected chi connectivity index (χ2v) is 4.11. The first-order valence-corrected chi connectivity index (χ1v) is 5.10. The number of aromatic nitrogens is 1. The zero-order valence-corrected chi connectivity index (χ0v) is 9.43. The van der Waals surface area contributed by atoms with E-state index < -0.39 is 0 Å². The van der Waals surface area contributed by atoms with E-state index in [1.807, 2.05) is 35.9 Å². The third kappa shape index (κ3) is 1.45. The van der Waals surface area contributed by atoms with Crippen LogP contribution in [0.5, 0.6) is 0 Å². The Morgan fingerprint density at radius 2 is 2.00 bits per heavy atom. The van der Waals surface area contributed by atoms with Gasteiger partial charge in [0, 0.05) is 11.5 Å². The normalized spacial score (nSPS) is 10.7. The number of aryl methyl sites for hydroxylation is 1. The molecular formula is C10H8BrClN+. The molecule has 0 aliphatic heterocycles. The molecule has 1 heterocycles. The minimum Gasteiger partial charge on any atom is -0.183 e. The molecule has 1 aromatic carbocycles. The molecule has 1 nitrogen and oxygen atoms in total. The Kier molecular flexibility index (Phi) is 2.26. The average molecular weight is 258 g/mol. The maximum Gasteiger partial charge on any atom is 0.289 e. The van der Waals surface area contributed by atoms with Gasteiger partial charge in [-0.25, -0.2) is 0 Å². The van der Waals surface area contributed by atoms with Gasteiger partial charge in [-0.1, -0.05) is 12.1 Å². The van der Waals surface area contributed by atoms with E-state index >= 15 is 0 Å². The molecule has 13 heavy (non-hydrogen) atoms. The summed E-state index contributed by atoms with van der Waals surface area (Å²) < 4.78 is 2.89. The lowest BCUT2D eigenvalue weighted by Crippen LogP contribution is -2.30. The van der Waals surface area contributed by atoms with Crippen LogP contribution in [-0.2, 0) is 7.05 Å². The molecule has 0 bridgehead atoms. The maximum atomic E-state index is 6.07. The van der Waals surface area contributed by atoms with Gasteiger partial charge in [0.25, 0.3) is 5.15 Å². The van der Waals surface area contributed by atoms with Crippen molar-refractivity contribution in [3.05, 3.63) is 40.0 Å². The summed E-state index contributed by atoms with van der Waals surface area (Å²) in [5, 5.41) is 1.90. The molecule has 0 saturated carbocycles. The van der Waals surface area contributed by atoms with Crippen molar-refractivity contribution in [3.8, 4) is 0 Å². The number of hydrogen-bond donors (Lipinski definition) is 0. The number of pyridine rings is 1. The zero-order chi connectivity index (χ0) is 9.42. The molecule has 0 saturated heterocycles. The van der Waals surface area contributed by atoms with E-state index in [0.717, 1.165) is 15.1 Å². The number of para-hydroxylation sites is 1. The van der Waals surface area contributed by atoms with Gasteiger partial charge in [-0.3, -0.25) is 0 Å². The number of benzene rings is 1. The van der Waals surface area contributed by atoms with Crippen LogP contribution in [0.15, 0.2) is 34.8 Å². The van der Waals surface area contributed by atoms with Crippen molar-refractivity contribution in [1.82, 2.24) is 0 Å². The van der Waals surface area contributed by atoms with Crippen LogP contribution in [0.4, 0.5) is 0 Å². The number of rotatable bonds is 0. The minimum atomic E-state index is 0.721. The molecule has 0 amide bonds. The van der Waals surface area contributed by atoms with Crippen LogP contribution in [0, 0.1) is 0 Å². The van der Waals surface area contributed by atoms with Gasteiger partial charge in [-0.05, 0) is 39.7 Å². The largest absolute Gasteiger partial charge is 0.289 e. The Bertz CT molecular complexity index is 468. The molecule has 66 valence electrons. The maximum absolute atomic E-state index is 6.07. The molecule has 0 atom stereocenters. The minimum absolute atomic E-state index is 0.721.